The highest BCUT2D eigenvalue weighted by atomic mass is 16.5. The monoisotopic (exact) mass is 499 g/mol. The lowest BCUT2D eigenvalue weighted by atomic mass is 10.0. The molecule has 0 unspecified atom stereocenters. The molecule has 2 aliphatic heterocycles. The Hall–Kier alpha value is -3.23. The lowest BCUT2D eigenvalue weighted by Gasteiger charge is -2.35. The molecule has 0 saturated carbocycles. The lowest BCUT2D eigenvalue weighted by Crippen LogP contribution is -2.46. The largest absolute Gasteiger partial charge is 0.372 e. The van der Waals surface area contributed by atoms with Gasteiger partial charge in [0.1, 0.15) is 5.82 Å². The standard InChI is InChI=1S/C29H37N7O/c1-19-17-35(18-20(2)37-19)29-32-21(3)27-16-30-25-8-6-22(14-26(25)36(27)29)23-7-9-28(31-15-23)34-12-10-24(11-13-34)33(4)5/h6-9,14-16,19-20,24H,10-13,17-18H2,1-5H3/t19-,20-/m1/s1. The van der Waals surface area contributed by atoms with Crippen LogP contribution in [0.3, 0.4) is 0 Å². The lowest BCUT2D eigenvalue weighted by molar-refractivity contribution is -0.00573. The molecule has 0 aliphatic carbocycles. The van der Waals surface area contributed by atoms with Gasteiger partial charge >= 0.3 is 0 Å². The van der Waals surface area contributed by atoms with E-state index in [1.54, 1.807) is 0 Å². The molecule has 8 heteroatoms. The topological polar surface area (TPSA) is 62.0 Å². The average Bonchev–Trinajstić information content (AvgIpc) is 3.25. The van der Waals surface area contributed by atoms with Gasteiger partial charge in [-0.25, -0.2) is 9.97 Å². The van der Waals surface area contributed by atoms with Crippen molar-refractivity contribution >= 4 is 28.3 Å². The van der Waals surface area contributed by atoms with E-state index in [1.165, 1.54) is 12.8 Å². The van der Waals surface area contributed by atoms with Gasteiger partial charge in [-0.15, -0.1) is 0 Å². The molecule has 2 fully saturated rings. The first kappa shape index (κ1) is 24.1. The molecule has 194 valence electrons. The van der Waals surface area contributed by atoms with E-state index in [9.17, 15) is 0 Å². The second-order valence-corrected chi connectivity index (χ2v) is 10.9. The second-order valence-electron chi connectivity index (χ2n) is 10.9. The summed E-state index contributed by atoms with van der Waals surface area (Å²) in [5.41, 5.74) is 6.29. The van der Waals surface area contributed by atoms with E-state index in [2.05, 4.69) is 84.3 Å². The van der Waals surface area contributed by atoms with Crippen LogP contribution in [-0.2, 0) is 4.74 Å². The molecule has 2 aliphatic rings. The molecule has 0 spiro atoms. The van der Waals surface area contributed by atoms with E-state index >= 15 is 0 Å². The van der Waals surface area contributed by atoms with Crippen molar-refractivity contribution in [2.45, 2.75) is 51.9 Å². The molecule has 0 bridgehead atoms. The predicted octanol–water partition coefficient (Wildman–Crippen LogP) is 4.40. The summed E-state index contributed by atoms with van der Waals surface area (Å²) < 4.78 is 8.25. The highest BCUT2D eigenvalue weighted by molar-refractivity contribution is 5.85. The molecule has 8 nitrogen and oxygen atoms in total. The Balaban J connectivity index is 1.34. The molecule has 4 aromatic rings. The first-order chi connectivity index (χ1) is 17.9. The van der Waals surface area contributed by atoms with Crippen LogP contribution < -0.4 is 9.80 Å². The Kier molecular flexibility index (Phi) is 6.24. The van der Waals surface area contributed by atoms with Crippen LogP contribution in [-0.4, -0.2) is 82.8 Å². The maximum atomic E-state index is 5.99. The summed E-state index contributed by atoms with van der Waals surface area (Å²) in [7, 11) is 4.35. The Labute approximate surface area is 218 Å². The maximum Gasteiger partial charge on any atom is 0.211 e. The van der Waals surface area contributed by atoms with Gasteiger partial charge in [0.2, 0.25) is 5.95 Å². The molecule has 0 radical (unpaired) electrons. The molecule has 0 N–H and O–H groups in total. The first-order valence-electron chi connectivity index (χ1n) is 13.4. The number of fused-ring (bicyclic) bond motifs is 3. The van der Waals surface area contributed by atoms with Crippen LogP contribution in [0.25, 0.3) is 27.7 Å². The first-order valence-corrected chi connectivity index (χ1v) is 13.4. The fourth-order valence-electron chi connectivity index (χ4n) is 5.95. The van der Waals surface area contributed by atoms with Crippen molar-refractivity contribution in [2.24, 2.45) is 0 Å². The van der Waals surface area contributed by atoms with Crippen LogP contribution in [0, 0.1) is 6.92 Å². The SMILES string of the molecule is Cc1nc(N2C[C@@H](C)O[C@H](C)C2)n2c1cnc1ccc(-c3ccc(N4CCC(N(C)C)CC4)nc3)cc12. The number of morpholine rings is 1. The summed E-state index contributed by atoms with van der Waals surface area (Å²) in [6.07, 6.45) is 6.64. The van der Waals surface area contributed by atoms with Crippen LogP contribution in [0.2, 0.25) is 0 Å². The molecule has 37 heavy (non-hydrogen) atoms. The molecule has 5 heterocycles. The summed E-state index contributed by atoms with van der Waals surface area (Å²) in [6.45, 7) is 10.1. The number of benzene rings is 1. The number of nitrogens with zero attached hydrogens (tertiary/aromatic N) is 7. The summed E-state index contributed by atoms with van der Waals surface area (Å²) in [6, 6.07) is 11.5. The molecule has 2 atom stereocenters. The number of imidazole rings is 1. The minimum absolute atomic E-state index is 0.165. The van der Waals surface area contributed by atoms with Crippen molar-refractivity contribution in [3.63, 3.8) is 0 Å². The summed E-state index contributed by atoms with van der Waals surface area (Å²) in [4.78, 5) is 21.7. The van der Waals surface area contributed by atoms with E-state index in [4.69, 9.17) is 19.7 Å². The zero-order chi connectivity index (χ0) is 25.7. The van der Waals surface area contributed by atoms with Crippen LogP contribution in [0.5, 0.6) is 0 Å². The van der Waals surface area contributed by atoms with Gasteiger partial charge in [-0.3, -0.25) is 9.38 Å². The van der Waals surface area contributed by atoms with Gasteiger partial charge in [0.15, 0.2) is 0 Å². The molecule has 1 aromatic carbocycles. The van der Waals surface area contributed by atoms with Crippen molar-refractivity contribution in [1.29, 1.82) is 0 Å². The van der Waals surface area contributed by atoms with Crippen molar-refractivity contribution in [1.82, 2.24) is 24.3 Å². The number of aromatic nitrogens is 4. The van der Waals surface area contributed by atoms with E-state index in [0.717, 1.165) is 71.3 Å². The molecule has 6 rings (SSSR count). The zero-order valence-corrected chi connectivity index (χ0v) is 22.6. The van der Waals surface area contributed by atoms with Crippen LogP contribution in [0.15, 0.2) is 42.7 Å². The number of anilines is 2. The normalized spacial score (nSPS) is 21.5. The average molecular weight is 500 g/mol. The van der Waals surface area contributed by atoms with Gasteiger partial charge in [0, 0.05) is 44.0 Å². The van der Waals surface area contributed by atoms with Crippen LogP contribution >= 0.6 is 0 Å². The molecule has 2 saturated heterocycles. The molecule has 0 amide bonds. The fraction of sp³-hybridized carbons (Fsp3) is 0.483. The Morgan fingerprint density at radius 2 is 1.59 bits per heavy atom. The van der Waals surface area contributed by atoms with Crippen LogP contribution in [0.4, 0.5) is 11.8 Å². The number of rotatable bonds is 4. The minimum atomic E-state index is 0.165. The zero-order valence-electron chi connectivity index (χ0n) is 22.6. The van der Waals surface area contributed by atoms with E-state index in [1.807, 2.05) is 12.4 Å². The maximum absolute atomic E-state index is 5.99. The smallest absolute Gasteiger partial charge is 0.211 e. The molecular formula is C29H37N7O. The van der Waals surface area contributed by atoms with Gasteiger partial charge in [-0.1, -0.05) is 6.07 Å². The number of hydrogen-bond donors (Lipinski definition) is 0. The van der Waals surface area contributed by atoms with E-state index in [-0.39, 0.29) is 12.2 Å². The third kappa shape index (κ3) is 4.53. The molecular weight excluding hydrogens is 462 g/mol. The number of aryl methyl sites for hydroxylation is 1. The Morgan fingerprint density at radius 3 is 2.27 bits per heavy atom. The predicted molar refractivity (Wildman–Crippen MR) is 150 cm³/mol. The summed E-state index contributed by atoms with van der Waals surface area (Å²) >= 11 is 0. The van der Waals surface area contributed by atoms with E-state index < -0.39 is 0 Å². The van der Waals surface area contributed by atoms with Gasteiger partial charge in [-0.2, -0.15) is 0 Å². The highest BCUT2D eigenvalue weighted by Gasteiger charge is 2.27. The van der Waals surface area contributed by atoms with Gasteiger partial charge in [-0.05, 0) is 77.5 Å². The van der Waals surface area contributed by atoms with Gasteiger partial charge in [0.05, 0.1) is 40.6 Å². The Morgan fingerprint density at radius 1 is 0.865 bits per heavy atom. The number of hydrogen-bond acceptors (Lipinski definition) is 7. The quantitative estimate of drug-likeness (QED) is 0.413. The van der Waals surface area contributed by atoms with Crippen LogP contribution in [0.1, 0.15) is 32.4 Å². The summed E-state index contributed by atoms with van der Waals surface area (Å²) in [5.74, 6) is 2.03. The molecule has 3 aromatic heterocycles. The summed E-state index contributed by atoms with van der Waals surface area (Å²) in [5, 5.41) is 0. The van der Waals surface area contributed by atoms with Crippen molar-refractivity contribution in [2.75, 3.05) is 50.1 Å². The Bertz CT molecular complexity index is 1400. The van der Waals surface area contributed by atoms with Crippen molar-refractivity contribution in [3.8, 4) is 11.1 Å². The minimum Gasteiger partial charge on any atom is -0.372 e. The number of ether oxygens (including phenoxy) is 1. The second kappa shape index (κ2) is 9.58. The third-order valence-corrected chi connectivity index (χ3v) is 7.92. The third-order valence-electron chi connectivity index (χ3n) is 7.92. The van der Waals surface area contributed by atoms with Crippen molar-refractivity contribution < 1.29 is 4.74 Å². The highest BCUT2D eigenvalue weighted by Crippen LogP contribution is 2.30. The number of pyridine rings is 1. The van der Waals surface area contributed by atoms with E-state index in [0.29, 0.717) is 6.04 Å². The van der Waals surface area contributed by atoms with Gasteiger partial charge in [0.25, 0.3) is 0 Å². The fourth-order valence-corrected chi connectivity index (χ4v) is 5.95. The van der Waals surface area contributed by atoms with Crippen molar-refractivity contribution in [3.05, 3.63) is 48.4 Å². The van der Waals surface area contributed by atoms with Gasteiger partial charge < -0.3 is 19.4 Å². The number of piperidine rings is 1.